The zero-order chi connectivity index (χ0) is 16.9. The van der Waals surface area contributed by atoms with Crippen LogP contribution >= 0.6 is 0 Å². The van der Waals surface area contributed by atoms with Crippen molar-refractivity contribution < 1.29 is 18.7 Å². The summed E-state index contributed by atoms with van der Waals surface area (Å²) in [4.78, 5) is 35.3. The van der Waals surface area contributed by atoms with Gasteiger partial charge in [0.15, 0.2) is 12.2 Å². The normalized spacial score (nSPS) is 14.8. The number of oxazole rings is 1. The number of hydrogen-bond acceptors (Lipinski definition) is 5. The Morgan fingerprint density at radius 2 is 2.00 bits per heavy atom. The number of aromatic nitrogens is 1. The lowest BCUT2D eigenvalue weighted by Crippen LogP contribution is -2.36. The van der Waals surface area contributed by atoms with Crippen LogP contribution in [-0.4, -0.2) is 29.1 Å². The molecule has 3 rings (SSSR count). The summed E-state index contributed by atoms with van der Waals surface area (Å²) in [5.74, 6) is -1.31. The van der Waals surface area contributed by atoms with Gasteiger partial charge in [-0.15, -0.1) is 0 Å². The number of ether oxygens (including phenoxy) is 1. The van der Waals surface area contributed by atoms with Gasteiger partial charge in [0, 0.05) is 12.6 Å². The van der Waals surface area contributed by atoms with E-state index in [4.69, 9.17) is 9.15 Å². The number of para-hydroxylation sites is 2. The average Bonchev–Trinajstić information content (AvgIpc) is 3.18. The minimum atomic E-state index is -0.520. The van der Waals surface area contributed by atoms with Gasteiger partial charge in [0.1, 0.15) is 0 Å². The summed E-state index contributed by atoms with van der Waals surface area (Å²) < 4.78 is 11.4. The first-order chi connectivity index (χ1) is 11.6. The van der Waals surface area contributed by atoms with E-state index < -0.39 is 11.7 Å². The van der Waals surface area contributed by atoms with Gasteiger partial charge >= 0.3 is 11.7 Å². The molecule has 1 heterocycles. The number of amides is 1. The smallest absolute Gasteiger partial charge is 0.419 e. The van der Waals surface area contributed by atoms with Crippen LogP contribution in [0.1, 0.15) is 32.1 Å². The topological polar surface area (TPSA) is 90.5 Å². The van der Waals surface area contributed by atoms with E-state index in [0.717, 1.165) is 25.7 Å². The number of esters is 1. The molecule has 1 N–H and O–H groups in total. The van der Waals surface area contributed by atoms with Gasteiger partial charge in [0.25, 0.3) is 5.91 Å². The summed E-state index contributed by atoms with van der Waals surface area (Å²) in [5.41, 5.74) is 1.11. The van der Waals surface area contributed by atoms with Gasteiger partial charge in [-0.25, -0.2) is 4.79 Å². The van der Waals surface area contributed by atoms with Crippen molar-refractivity contribution in [3.8, 4) is 0 Å². The Hall–Kier alpha value is -2.57. The summed E-state index contributed by atoms with van der Waals surface area (Å²) >= 11 is 0. The molecule has 1 aliphatic carbocycles. The maximum atomic E-state index is 11.8. The highest BCUT2D eigenvalue weighted by Gasteiger charge is 2.18. The van der Waals surface area contributed by atoms with Gasteiger partial charge < -0.3 is 14.5 Å². The number of carbonyl (C=O) groups is 2. The van der Waals surface area contributed by atoms with E-state index in [1.807, 2.05) is 0 Å². The first-order valence-electron chi connectivity index (χ1n) is 8.17. The quantitative estimate of drug-likeness (QED) is 0.811. The van der Waals surface area contributed by atoms with Gasteiger partial charge in [-0.3, -0.25) is 14.2 Å². The van der Waals surface area contributed by atoms with Crippen LogP contribution in [-0.2, 0) is 20.9 Å². The highest BCUT2D eigenvalue weighted by atomic mass is 16.5. The molecule has 1 aromatic carbocycles. The number of nitrogens with zero attached hydrogens (tertiary/aromatic N) is 1. The molecule has 1 aliphatic rings. The number of fused-ring (bicyclic) bond motifs is 1. The zero-order valence-electron chi connectivity index (χ0n) is 13.3. The van der Waals surface area contributed by atoms with Crippen molar-refractivity contribution in [3.63, 3.8) is 0 Å². The highest BCUT2D eigenvalue weighted by Crippen LogP contribution is 2.17. The highest BCUT2D eigenvalue weighted by molar-refractivity contribution is 5.80. The first-order valence-corrected chi connectivity index (χ1v) is 8.17. The first kappa shape index (κ1) is 16.3. The minimum Gasteiger partial charge on any atom is -0.456 e. The van der Waals surface area contributed by atoms with Crippen LogP contribution in [0.5, 0.6) is 0 Å². The van der Waals surface area contributed by atoms with E-state index in [1.165, 1.54) is 4.57 Å². The summed E-state index contributed by atoms with van der Waals surface area (Å²) in [6.45, 7) is -0.130. The van der Waals surface area contributed by atoms with Gasteiger partial charge in [-0.1, -0.05) is 25.0 Å². The molecule has 1 fully saturated rings. The Balaban J connectivity index is 1.47. The fourth-order valence-electron chi connectivity index (χ4n) is 2.99. The average molecular weight is 332 g/mol. The monoisotopic (exact) mass is 332 g/mol. The largest absolute Gasteiger partial charge is 0.456 e. The van der Waals surface area contributed by atoms with Crippen molar-refractivity contribution in [2.75, 3.05) is 6.61 Å². The molecule has 1 amide bonds. The van der Waals surface area contributed by atoms with Crippen molar-refractivity contribution in [2.45, 2.75) is 44.7 Å². The Morgan fingerprint density at radius 3 is 2.79 bits per heavy atom. The van der Waals surface area contributed by atoms with E-state index >= 15 is 0 Å². The predicted molar refractivity (Wildman–Crippen MR) is 86.4 cm³/mol. The molecule has 0 saturated heterocycles. The molecule has 2 aromatic rings. The molecular weight excluding hydrogens is 312 g/mol. The van der Waals surface area contributed by atoms with Crippen molar-refractivity contribution in [2.24, 2.45) is 0 Å². The second-order valence-electron chi connectivity index (χ2n) is 5.95. The molecule has 1 saturated carbocycles. The number of nitrogens with one attached hydrogen (secondary N) is 1. The lowest BCUT2D eigenvalue weighted by molar-refractivity contribution is -0.148. The van der Waals surface area contributed by atoms with Gasteiger partial charge in [0.05, 0.1) is 11.9 Å². The standard InChI is InChI=1S/C17H20N2O5/c20-15(18-12-5-1-2-6-12)11-23-16(21)9-10-19-13-7-3-4-8-14(13)24-17(19)22/h3-4,7-8,12H,1-2,5-6,9-11H2,(H,18,20). The van der Waals surface area contributed by atoms with Crippen LogP contribution in [0.4, 0.5) is 0 Å². The Bertz CT molecular complexity index is 786. The number of hydrogen-bond donors (Lipinski definition) is 1. The lowest BCUT2D eigenvalue weighted by Gasteiger charge is -2.11. The van der Waals surface area contributed by atoms with Crippen LogP contribution in [0, 0.1) is 0 Å². The second kappa shape index (κ2) is 7.33. The Labute approximate surface area is 138 Å². The molecule has 1 aromatic heterocycles. The summed E-state index contributed by atoms with van der Waals surface area (Å²) in [6.07, 6.45) is 4.21. The van der Waals surface area contributed by atoms with Crippen LogP contribution in [0.15, 0.2) is 33.5 Å². The molecule has 0 unspecified atom stereocenters. The molecule has 7 nitrogen and oxygen atoms in total. The van der Waals surface area contributed by atoms with E-state index in [2.05, 4.69) is 5.32 Å². The van der Waals surface area contributed by atoms with Gasteiger partial charge in [-0.2, -0.15) is 0 Å². The van der Waals surface area contributed by atoms with Crippen LogP contribution < -0.4 is 11.1 Å². The van der Waals surface area contributed by atoms with Crippen molar-refractivity contribution >= 4 is 23.0 Å². The summed E-state index contributed by atoms with van der Waals surface area (Å²) in [7, 11) is 0. The van der Waals surface area contributed by atoms with Crippen LogP contribution in [0.25, 0.3) is 11.1 Å². The molecule has 24 heavy (non-hydrogen) atoms. The van der Waals surface area contributed by atoms with E-state index in [9.17, 15) is 14.4 Å². The van der Waals surface area contributed by atoms with Crippen molar-refractivity contribution in [1.82, 2.24) is 9.88 Å². The van der Waals surface area contributed by atoms with Crippen molar-refractivity contribution in [3.05, 3.63) is 34.8 Å². The SMILES string of the molecule is O=C(COC(=O)CCn1c(=O)oc2ccccc21)NC1CCCC1. The number of rotatable bonds is 6. The van der Waals surface area contributed by atoms with E-state index in [0.29, 0.717) is 11.1 Å². The lowest BCUT2D eigenvalue weighted by atomic mass is 10.2. The Kier molecular flexibility index (Phi) is 4.98. The maximum absolute atomic E-state index is 11.8. The molecule has 128 valence electrons. The van der Waals surface area contributed by atoms with Crippen molar-refractivity contribution in [1.29, 1.82) is 0 Å². The molecule has 0 aliphatic heterocycles. The summed E-state index contributed by atoms with van der Waals surface area (Å²) in [6, 6.07) is 7.21. The van der Waals surface area contributed by atoms with Gasteiger partial charge in [-0.05, 0) is 25.0 Å². The van der Waals surface area contributed by atoms with Crippen LogP contribution in [0.3, 0.4) is 0 Å². The minimum absolute atomic E-state index is 0.000142. The number of benzene rings is 1. The third-order valence-electron chi connectivity index (χ3n) is 4.20. The molecule has 0 spiro atoms. The van der Waals surface area contributed by atoms with Gasteiger partial charge in [0.2, 0.25) is 0 Å². The zero-order valence-corrected chi connectivity index (χ0v) is 13.3. The molecular formula is C17H20N2O5. The van der Waals surface area contributed by atoms with E-state index in [1.54, 1.807) is 24.3 Å². The summed E-state index contributed by atoms with van der Waals surface area (Å²) in [5, 5.41) is 2.85. The third-order valence-corrected chi connectivity index (χ3v) is 4.20. The van der Waals surface area contributed by atoms with Crippen LogP contribution in [0.2, 0.25) is 0 Å². The number of carbonyl (C=O) groups excluding carboxylic acids is 2. The fraction of sp³-hybridized carbons (Fsp3) is 0.471. The molecule has 0 atom stereocenters. The molecule has 0 bridgehead atoms. The third kappa shape index (κ3) is 3.84. The second-order valence-corrected chi connectivity index (χ2v) is 5.95. The maximum Gasteiger partial charge on any atom is 0.419 e. The Morgan fingerprint density at radius 1 is 1.25 bits per heavy atom. The molecule has 0 radical (unpaired) electrons. The number of aryl methyl sites for hydroxylation is 1. The fourth-order valence-corrected chi connectivity index (χ4v) is 2.99. The molecule has 7 heteroatoms. The predicted octanol–water partition coefficient (Wildman–Crippen LogP) is 1.59. The van der Waals surface area contributed by atoms with E-state index in [-0.39, 0.29) is 31.5 Å².